The zero-order chi connectivity index (χ0) is 15.5. The van der Waals surface area contributed by atoms with Crippen molar-refractivity contribution in [2.24, 2.45) is 5.92 Å². The van der Waals surface area contributed by atoms with Crippen molar-refractivity contribution < 1.29 is 19.2 Å². The van der Waals surface area contributed by atoms with Crippen molar-refractivity contribution in [3.8, 4) is 0 Å². The topological polar surface area (TPSA) is 59.1 Å². The van der Waals surface area contributed by atoms with Gasteiger partial charge in [0.05, 0.1) is 7.11 Å². The van der Waals surface area contributed by atoms with Crippen molar-refractivity contribution in [2.75, 3.05) is 20.7 Å². The van der Waals surface area contributed by atoms with Gasteiger partial charge in [-0.1, -0.05) is 6.92 Å². The van der Waals surface area contributed by atoms with Gasteiger partial charge in [-0.05, 0) is 39.5 Å². The lowest BCUT2D eigenvalue weighted by Crippen LogP contribution is -2.54. The standard InChI is InChI=1S/C14H26N2O4/c1-10-7-8-11(12(17)15(5)19-6)16(9-10)13(18)20-14(2,3)4/h10-11H,7-9H2,1-6H3/t10?,11-/m1/s1. The van der Waals surface area contributed by atoms with E-state index in [4.69, 9.17) is 9.57 Å². The van der Waals surface area contributed by atoms with Crippen molar-refractivity contribution in [3.63, 3.8) is 0 Å². The van der Waals surface area contributed by atoms with Crippen LogP contribution in [0.1, 0.15) is 40.5 Å². The van der Waals surface area contributed by atoms with Gasteiger partial charge in [0.25, 0.3) is 5.91 Å². The Morgan fingerprint density at radius 1 is 1.25 bits per heavy atom. The monoisotopic (exact) mass is 286 g/mol. The van der Waals surface area contributed by atoms with Crippen molar-refractivity contribution in [1.29, 1.82) is 0 Å². The number of hydroxylamine groups is 2. The van der Waals surface area contributed by atoms with Crippen LogP contribution in [0.25, 0.3) is 0 Å². The highest BCUT2D eigenvalue weighted by Crippen LogP contribution is 2.25. The zero-order valence-corrected chi connectivity index (χ0v) is 13.3. The lowest BCUT2D eigenvalue weighted by Gasteiger charge is -2.39. The summed E-state index contributed by atoms with van der Waals surface area (Å²) in [4.78, 5) is 31.0. The molecule has 0 spiro atoms. The molecule has 6 nitrogen and oxygen atoms in total. The molecule has 2 amide bonds. The van der Waals surface area contributed by atoms with E-state index < -0.39 is 17.7 Å². The summed E-state index contributed by atoms with van der Waals surface area (Å²) in [5, 5.41) is 1.16. The molecule has 0 aromatic rings. The molecule has 0 bridgehead atoms. The van der Waals surface area contributed by atoms with Gasteiger partial charge in [0, 0.05) is 13.6 Å². The minimum absolute atomic E-state index is 0.217. The number of rotatable bonds is 2. The van der Waals surface area contributed by atoms with Crippen molar-refractivity contribution in [2.45, 2.75) is 52.2 Å². The first-order chi connectivity index (χ1) is 9.15. The highest BCUT2D eigenvalue weighted by atomic mass is 16.7. The molecule has 6 heteroatoms. The van der Waals surface area contributed by atoms with E-state index in [1.807, 2.05) is 20.8 Å². The SMILES string of the molecule is CON(C)C(=O)[C@H]1CCC(C)CN1C(=O)OC(C)(C)C. The fraction of sp³-hybridized carbons (Fsp3) is 0.857. The van der Waals surface area contributed by atoms with Gasteiger partial charge in [-0.2, -0.15) is 0 Å². The maximum Gasteiger partial charge on any atom is 0.410 e. The van der Waals surface area contributed by atoms with Gasteiger partial charge in [-0.3, -0.25) is 14.5 Å². The molecule has 2 atom stereocenters. The average molecular weight is 286 g/mol. The van der Waals surface area contributed by atoms with Gasteiger partial charge < -0.3 is 4.74 Å². The Bertz CT molecular complexity index is 365. The summed E-state index contributed by atoms with van der Waals surface area (Å²) < 4.78 is 5.39. The minimum atomic E-state index is -0.571. The highest BCUT2D eigenvalue weighted by molar-refractivity contribution is 5.85. The largest absolute Gasteiger partial charge is 0.444 e. The molecule has 0 saturated carbocycles. The smallest absolute Gasteiger partial charge is 0.410 e. The Morgan fingerprint density at radius 2 is 1.85 bits per heavy atom. The molecule has 1 heterocycles. The highest BCUT2D eigenvalue weighted by Gasteiger charge is 2.38. The third-order valence-corrected chi connectivity index (χ3v) is 3.31. The van der Waals surface area contributed by atoms with E-state index in [0.717, 1.165) is 11.5 Å². The second-order valence-corrected chi connectivity index (χ2v) is 6.35. The maximum atomic E-state index is 12.3. The average Bonchev–Trinajstić information content (AvgIpc) is 2.34. The number of ether oxygens (including phenoxy) is 1. The van der Waals surface area contributed by atoms with E-state index in [9.17, 15) is 9.59 Å². The molecule has 1 aliphatic heterocycles. The molecule has 0 aromatic carbocycles. The number of nitrogens with zero attached hydrogens (tertiary/aromatic N) is 2. The van der Waals surface area contributed by atoms with Crippen LogP contribution in [0.2, 0.25) is 0 Å². The van der Waals surface area contributed by atoms with Crippen LogP contribution >= 0.6 is 0 Å². The molecule has 1 unspecified atom stereocenters. The van der Waals surface area contributed by atoms with Crippen LogP contribution in [0, 0.1) is 5.92 Å². The minimum Gasteiger partial charge on any atom is -0.444 e. The number of carbonyl (C=O) groups is 2. The van der Waals surface area contributed by atoms with Gasteiger partial charge in [0.15, 0.2) is 0 Å². The van der Waals surface area contributed by atoms with E-state index in [1.54, 1.807) is 7.05 Å². The quantitative estimate of drug-likeness (QED) is 0.729. The summed E-state index contributed by atoms with van der Waals surface area (Å²) in [5.74, 6) is 0.143. The molecule has 20 heavy (non-hydrogen) atoms. The van der Waals surface area contributed by atoms with E-state index >= 15 is 0 Å². The second-order valence-electron chi connectivity index (χ2n) is 6.35. The summed E-state index contributed by atoms with van der Waals surface area (Å²) >= 11 is 0. The van der Waals surface area contributed by atoms with Crippen LogP contribution in [0.5, 0.6) is 0 Å². The molecule has 1 saturated heterocycles. The van der Waals surface area contributed by atoms with Crippen LogP contribution in [0.3, 0.4) is 0 Å². The second kappa shape index (κ2) is 6.43. The fourth-order valence-corrected chi connectivity index (χ4v) is 2.23. The van der Waals surface area contributed by atoms with Crippen LogP contribution in [-0.2, 0) is 14.4 Å². The first kappa shape index (κ1) is 16.8. The molecular weight excluding hydrogens is 260 g/mol. The molecule has 116 valence electrons. The van der Waals surface area contributed by atoms with E-state index in [0.29, 0.717) is 18.9 Å². The van der Waals surface area contributed by atoms with Crippen molar-refractivity contribution >= 4 is 12.0 Å². The summed E-state index contributed by atoms with van der Waals surface area (Å²) in [7, 11) is 2.98. The Balaban J connectivity index is 2.85. The van der Waals surface area contributed by atoms with Gasteiger partial charge >= 0.3 is 6.09 Å². The molecule has 0 radical (unpaired) electrons. The first-order valence-electron chi connectivity index (χ1n) is 6.97. The molecule has 0 N–H and O–H groups in total. The van der Waals surface area contributed by atoms with Crippen LogP contribution in [-0.4, -0.2) is 54.3 Å². The normalized spacial score (nSPS) is 23.4. The van der Waals surface area contributed by atoms with Gasteiger partial charge in [-0.25, -0.2) is 9.86 Å². The number of hydrogen-bond donors (Lipinski definition) is 0. The van der Waals surface area contributed by atoms with E-state index in [2.05, 4.69) is 6.92 Å². The molecule has 1 aliphatic rings. The lowest BCUT2D eigenvalue weighted by molar-refractivity contribution is -0.175. The number of amides is 2. The van der Waals surface area contributed by atoms with Crippen LogP contribution < -0.4 is 0 Å². The van der Waals surface area contributed by atoms with Crippen molar-refractivity contribution in [1.82, 2.24) is 9.96 Å². The third-order valence-electron chi connectivity index (χ3n) is 3.31. The van der Waals surface area contributed by atoms with Gasteiger partial charge in [-0.15, -0.1) is 0 Å². The molecular formula is C14H26N2O4. The van der Waals surface area contributed by atoms with Crippen molar-refractivity contribution in [3.05, 3.63) is 0 Å². The zero-order valence-electron chi connectivity index (χ0n) is 13.3. The first-order valence-corrected chi connectivity index (χ1v) is 6.97. The number of likely N-dealkylation sites (N-methyl/N-ethyl adjacent to an activating group) is 1. The molecule has 1 rings (SSSR count). The Labute approximate surface area is 121 Å². The number of likely N-dealkylation sites (tertiary alicyclic amines) is 1. The molecule has 1 fully saturated rings. The Hall–Kier alpha value is -1.30. The summed E-state index contributed by atoms with van der Waals surface area (Å²) in [6.45, 7) is 8.05. The summed E-state index contributed by atoms with van der Waals surface area (Å²) in [6, 6.07) is -0.508. The maximum absolute atomic E-state index is 12.3. The summed E-state index contributed by atoms with van der Waals surface area (Å²) in [5.41, 5.74) is -0.571. The van der Waals surface area contributed by atoms with Gasteiger partial charge in [0.2, 0.25) is 0 Å². The number of carbonyl (C=O) groups excluding carboxylic acids is 2. The summed E-state index contributed by atoms with van der Waals surface area (Å²) in [6.07, 6.45) is 1.10. The van der Waals surface area contributed by atoms with Crippen LogP contribution in [0.4, 0.5) is 4.79 Å². The lowest BCUT2D eigenvalue weighted by atomic mass is 9.94. The predicted molar refractivity (Wildman–Crippen MR) is 74.9 cm³/mol. The third kappa shape index (κ3) is 4.37. The molecule has 0 aromatic heterocycles. The Kier molecular flexibility index (Phi) is 5.39. The van der Waals surface area contributed by atoms with Gasteiger partial charge in [0.1, 0.15) is 11.6 Å². The van der Waals surface area contributed by atoms with Crippen LogP contribution in [0.15, 0.2) is 0 Å². The predicted octanol–water partition coefficient (Wildman–Crippen LogP) is 2.04. The van der Waals surface area contributed by atoms with E-state index in [1.165, 1.54) is 12.0 Å². The van der Waals surface area contributed by atoms with E-state index in [-0.39, 0.29) is 5.91 Å². The fourth-order valence-electron chi connectivity index (χ4n) is 2.23. The number of piperidine rings is 1. The molecule has 0 aliphatic carbocycles. The number of hydrogen-bond acceptors (Lipinski definition) is 4. The Morgan fingerprint density at radius 3 is 2.35 bits per heavy atom.